The van der Waals surface area contributed by atoms with Crippen LogP contribution in [0.5, 0.6) is 0 Å². The van der Waals surface area contributed by atoms with Gasteiger partial charge >= 0.3 is 5.69 Å². The van der Waals surface area contributed by atoms with Gasteiger partial charge < -0.3 is 4.74 Å². The first kappa shape index (κ1) is 10.6. The van der Waals surface area contributed by atoms with Gasteiger partial charge in [-0.25, -0.2) is 4.79 Å². The van der Waals surface area contributed by atoms with Gasteiger partial charge in [0, 0.05) is 12.8 Å². The van der Waals surface area contributed by atoms with Crippen molar-refractivity contribution in [3.05, 3.63) is 32.6 Å². The summed E-state index contributed by atoms with van der Waals surface area (Å²) in [6, 6.07) is 1.74. The Kier molecular flexibility index (Phi) is 2.88. The lowest BCUT2D eigenvalue weighted by molar-refractivity contribution is 0.0957. The van der Waals surface area contributed by atoms with E-state index in [1.807, 2.05) is 0 Å². The Balaban J connectivity index is 2.30. The number of rotatable bonds is 2. The highest BCUT2D eigenvalue weighted by Crippen LogP contribution is 2.12. The van der Waals surface area contributed by atoms with Gasteiger partial charge in [0.05, 0.1) is 12.6 Å². The van der Waals surface area contributed by atoms with E-state index in [4.69, 9.17) is 10.00 Å². The molecule has 1 aromatic heterocycles. The molecule has 0 amide bonds. The third-order valence-corrected chi connectivity index (χ3v) is 2.56. The van der Waals surface area contributed by atoms with E-state index < -0.39 is 11.2 Å². The minimum Gasteiger partial charge on any atom is -0.376 e. The zero-order valence-corrected chi connectivity index (χ0v) is 8.60. The fourth-order valence-electron chi connectivity index (χ4n) is 1.73. The second kappa shape index (κ2) is 4.33. The van der Waals surface area contributed by atoms with Crippen molar-refractivity contribution >= 4 is 0 Å². The number of ether oxygens (including phenoxy) is 1. The predicted molar refractivity (Wildman–Crippen MR) is 55.0 cm³/mol. The number of nitrogens with one attached hydrogen (secondary N) is 1. The Labute approximate surface area is 91.1 Å². The molecule has 1 N–H and O–H groups in total. The second-order valence-electron chi connectivity index (χ2n) is 3.70. The van der Waals surface area contributed by atoms with Crippen LogP contribution in [0, 0.1) is 11.3 Å². The third kappa shape index (κ3) is 2.04. The molecule has 0 spiro atoms. The van der Waals surface area contributed by atoms with Crippen LogP contribution in [0.2, 0.25) is 0 Å². The monoisotopic (exact) mass is 221 g/mol. The summed E-state index contributed by atoms with van der Waals surface area (Å²) in [6.07, 6.45) is 3.15. The molecule has 1 saturated heterocycles. The Morgan fingerprint density at radius 2 is 2.44 bits per heavy atom. The van der Waals surface area contributed by atoms with Crippen molar-refractivity contribution in [2.45, 2.75) is 25.5 Å². The first-order chi connectivity index (χ1) is 7.70. The summed E-state index contributed by atoms with van der Waals surface area (Å²) in [5, 5.41) is 8.68. The zero-order chi connectivity index (χ0) is 11.5. The highest BCUT2D eigenvalue weighted by atomic mass is 16.5. The Hall–Kier alpha value is -1.87. The van der Waals surface area contributed by atoms with Crippen molar-refractivity contribution in [3.63, 3.8) is 0 Å². The largest absolute Gasteiger partial charge is 0.376 e. The number of hydrogen-bond acceptors (Lipinski definition) is 4. The molecule has 0 radical (unpaired) electrons. The number of aromatic amines is 1. The molecule has 0 bridgehead atoms. The average molecular weight is 221 g/mol. The van der Waals surface area contributed by atoms with E-state index >= 15 is 0 Å². The highest BCUT2D eigenvalue weighted by Gasteiger charge is 2.17. The number of H-pyrrole nitrogens is 1. The van der Waals surface area contributed by atoms with Gasteiger partial charge in [-0.1, -0.05) is 0 Å². The van der Waals surface area contributed by atoms with Gasteiger partial charge in [0.2, 0.25) is 0 Å². The maximum atomic E-state index is 11.4. The fraction of sp³-hybridized carbons (Fsp3) is 0.500. The molecule has 1 aromatic rings. The van der Waals surface area contributed by atoms with Crippen molar-refractivity contribution in [3.8, 4) is 6.07 Å². The molecule has 2 rings (SSSR count). The summed E-state index contributed by atoms with van der Waals surface area (Å²) >= 11 is 0. The van der Waals surface area contributed by atoms with E-state index in [1.165, 1.54) is 10.8 Å². The molecule has 0 aromatic carbocycles. The molecule has 2 heterocycles. The molecule has 16 heavy (non-hydrogen) atoms. The van der Waals surface area contributed by atoms with Gasteiger partial charge in [-0.05, 0) is 12.8 Å². The van der Waals surface area contributed by atoms with Crippen LogP contribution in [0.15, 0.2) is 15.8 Å². The van der Waals surface area contributed by atoms with Crippen LogP contribution in [0.1, 0.15) is 18.4 Å². The van der Waals surface area contributed by atoms with E-state index in [-0.39, 0.29) is 11.7 Å². The van der Waals surface area contributed by atoms with Crippen LogP contribution in [-0.4, -0.2) is 22.3 Å². The average Bonchev–Trinajstić information content (AvgIpc) is 2.75. The number of hydrogen-bond donors (Lipinski definition) is 1. The number of aromatic nitrogens is 2. The van der Waals surface area contributed by atoms with E-state index in [9.17, 15) is 9.59 Å². The van der Waals surface area contributed by atoms with Crippen molar-refractivity contribution in [2.75, 3.05) is 6.61 Å². The lowest BCUT2D eigenvalue weighted by Crippen LogP contribution is -2.33. The molecule has 1 atom stereocenters. The Morgan fingerprint density at radius 3 is 3.06 bits per heavy atom. The number of nitrogens with zero attached hydrogens (tertiary/aromatic N) is 2. The van der Waals surface area contributed by atoms with Crippen LogP contribution < -0.4 is 11.2 Å². The first-order valence-electron chi connectivity index (χ1n) is 5.06. The van der Waals surface area contributed by atoms with Gasteiger partial charge in [0.1, 0.15) is 11.6 Å². The topological polar surface area (TPSA) is 87.9 Å². The molecular formula is C10H11N3O3. The van der Waals surface area contributed by atoms with Crippen molar-refractivity contribution in [2.24, 2.45) is 0 Å². The second-order valence-corrected chi connectivity index (χ2v) is 3.70. The minimum atomic E-state index is -0.643. The van der Waals surface area contributed by atoms with Crippen molar-refractivity contribution in [1.29, 1.82) is 5.26 Å². The molecule has 0 aliphatic carbocycles. The normalized spacial score (nSPS) is 19.6. The molecule has 0 saturated carbocycles. The molecular weight excluding hydrogens is 210 g/mol. The zero-order valence-electron chi connectivity index (χ0n) is 8.60. The van der Waals surface area contributed by atoms with Gasteiger partial charge in [0.25, 0.3) is 5.56 Å². The van der Waals surface area contributed by atoms with E-state index in [1.54, 1.807) is 6.07 Å². The molecule has 1 aliphatic heterocycles. The van der Waals surface area contributed by atoms with Crippen LogP contribution in [0.4, 0.5) is 0 Å². The fourth-order valence-corrected chi connectivity index (χ4v) is 1.73. The van der Waals surface area contributed by atoms with Crippen LogP contribution >= 0.6 is 0 Å². The smallest absolute Gasteiger partial charge is 0.328 e. The lowest BCUT2D eigenvalue weighted by Gasteiger charge is -2.10. The SMILES string of the molecule is N#Cc1cn(C[C@H]2CCCO2)c(=O)[nH]c1=O. The van der Waals surface area contributed by atoms with E-state index in [0.29, 0.717) is 13.2 Å². The highest BCUT2D eigenvalue weighted by molar-refractivity contribution is 5.21. The predicted octanol–water partition coefficient (Wildman–Crippen LogP) is -0.413. The van der Waals surface area contributed by atoms with Gasteiger partial charge in [0.15, 0.2) is 0 Å². The lowest BCUT2D eigenvalue weighted by atomic mass is 10.2. The summed E-state index contributed by atoms with van der Waals surface area (Å²) < 4.78 is 6.70. The Morgan fingerprint density at radius 1 is 1.62 bits per heavy atom. The summed E-state index contributed by atoms with van der Waals surface area (Å²) in [4.78, 5) is 24.7. The van der Waals surface area contributed by atoms with Crippen LogP contribution in [-0.2, 0) is 11.3 Å². The standard InChI is InChI=1S/C10H11N3O3/c11-4-7-5-13(10(15)12-9(7)14)6-8-2-1-3-16-8/h5,8H,1-3,6H2,(H,12,14,15)/t8-/m1/s1. The maximum absolute atomic E-state index is 11.4. The van der Waals surface area contributed by atoms with Crippen LogP contribution in [0.3, 0.4) is 0 Å². The molecule has 6 nitrogen and oxygen atoms in total. The van der Waals surface area contributed by atoms with Gasteiger partial charge in [-0.2, -0.15) is 5.26 Å². The summed E-state index contributed by atoms with van der Waals surface area (Å²) in [7, 11) is 0. The maximum Gasteiger partial charge on any atom is 0.328 e. The molecule has 6 heteroatoms. The Bertz CT molecular complexity index is 531. The van der Waals surface area contributed by atoms with Crippen molar-refractivity contribution < 1.29 is 4.74 Å². The minimum absolute atomic E-state index is 0.00450. The summed E-state index contributed by atoms with van der Waals surface area (Å²) in [5.41, 5.74) is -1.20. The molecule has 1 fully saturated rings. The molecule has 0 unspecified atom stereocenters. The van der Waals surface area contributed by atoms with Crippen molar-refractivity contribution in [1.82, 2.24) is 9.55 Å². The van der Waals surface area contributed by atoms with E-state index in [2.05, 4.69) is 4.98 Å². The molecule has 1 aliphatic rings. The quantitative estimate of drug-likeness (QED) is 0.735. The summed E-state index contributed by atoms with van der Waals surface area (Å²) in [6.45, 7) is 1.08. The van der Waals surface area contributed by atoms with Gasteiger partial charge in [-0.3, -0.25) is 14.3 Å². The van der Waals surface area contributed by atoms with Crippen LogP contribution in [0.25, 0.3) is 0 Å². The first-order valence-corrected chi connectivity index (χ1v) is 5.06. The number of nitriles is 1. The van der Waals surface area contributed by atoms with E-state index in [0.717, 1.165) is 12.8 Å². The molecule has 84 valence electrons. The summed E-state index contributed by atoms with van der Waals surface area (Å²) in [5.74, 6) is 0. The third-order valence-electron chi connectivity index (χ3n) is 2.56. The van der Waals surface area contributed by atoms with Gasteiger partial charge in [-0.15, -0.1) is 0 Å².